The molecule has 0 amide bonds. The van der Waals surface area contributed by atoms with Gasteiger partial charge in [0.05, 0.1) is 0 Å². The Morgan fingerprint density at radius 3 is 1.31 bits per heavy atom. The number of rotatable bonds is 9. The Labute approximate surface area is 189 Å². The number of hydrogen-bond acceptors (Lipinski definition) is 0. The van der Waals surface area contributed by atoms with Crippen molar-refractivity contribution in [3.05, 3.63) is 41.3 Å². The van der Waals surface area contributed by atoms with E-state index in [-0.39, 0.29) is 12.5 Å². The van der Waals surface area contributed by atoms with Crippen LogP contribution >= 0.6 is 0 Å². The van der Waals surface area contributed by atoms with Crippen molar-refractivity contribution < 1.29 is 79.0 Å². The lowest BCUT2D eigenvalue weighted by molar-refractivity contribution is -0.400. The first kappa shape index (κ1) is 32.0. The molecule has 0 atom stereocenters. The lowest BCUT2D eigenvalue weighted by atomic mass is 9.87. The minimum Gasteiger partial charge on any atom is -0.194 e. The van der Waals surface area contributed by atoms with Crippen molar-refractivity contribution in [2.45, 2.75) is 67.7 Å². The summed E-state index contributed by atoms with van der Waals surface area (Å²) in [6, 6.07) is -1.99. The molecule has 36 heavy (non-hydrogen) atoms. The van der Waals surface area contributed by atoms with E-state index < -0.39 is 83.1 Å². The van der Waals surface area contributed by atoms with E-state index in [0.29, 0.717) is 6.42 Å². The average molecular weight is 569 g/mol. The topological polar surface area (TPSA) is 0 Å². The summed E-state index contributed by atoms with van der Waals surface area (Å²) in [5.74, 6) is -43.7. The maximum atomic E-state index is 14.4. The molecule has 209 valence electrons. The van der Waals surface area contributed by atoms with Gasteiger partial charge in [0.1, 0.15) is 0 Å². The van der Waals surface area contributed by atoms with Gasteiger partial charge in [0, 0.05) is 11.1 Å². The number of halogens is 18. The van der Waals surface area contributed by atoms with E-state index in [1.807, 2.05) is 0 Å². The maximum Gasteiger partial charge on any atom is 0.460 e. The van der Waals surface area contributed by atoms with Crippen LogP contribution in [0.3, 0.4) is 0 Å². The van der Waals surface area contributed by atoms with Gasteiger partial charge in [-0.05, 0) is 24.5 Å². The van der Waals surface area contributed by atoms with Crippen molar-refractivity contribution in [1.29, 1.82) is 0 Å². The fourth-order valence-electron chi connectivity index (χ4n) is 2.60. The normalized spacial score (nSPS) is 15.4. The van der Waals surface area contributed by atoms with Crippen LogP contribution in [0.5, 0.6) is 0 Å². The third-order valence-corrected chi connectivity index (χ3v) is 4.70. The molecule has 1 aromatic carbocycles. The van der Waals surface area contributed by atoms with Crippen LogP contribution in [0.25, 0.3) is 0 Å². The molecular formula is C18H11F18. The molecule has 0 heterocycles. The second-order valence-electron chi connectivity index (χ2n) is 7.24. The second kappa shape index (κ2) is 9.06. The molecule has 0 aliphatic heterocycles. The number of unbranched alkanes of at least 4 members (excludes halogenated alkanes) is 1. The van der Waals surface area contributed by atoms with E-state index >= 15 is 0 Å². The molecule has 1 radical (unpaired) electrons. The van der Waals surface area contributed by atoms with Gasteiger partial charge >= 0.3 is 47.9 Å². The number of hydrogen-bond donors (Lipinski definition) is 0. The molecule has 0 N–H and O–H groups in total. The first-order chi connectivity index (χ1) is 15.7. The van der Waals surface area contributed by atoms with Gasteiger partial charge in [0.15, 0.2) is 0 Å². The molecule has 0 saturated carbocycles. The highest BCUT2D eigenvalue weighted by Gasteiger charge is 2.83. The Hall–Kier alpha value is -2.04. The van der Waals surface area contributed by atoms with Gasteiger partial charge in [0.25, 0.3) is 0 Å². The van der Waals surface area contributed by atoms with Crippen LogP contribution in [-0.4, -0.2) is 36.0 Å². The van der Waals surface area contributed by atoms with Crippen LogP contribution in [0.1, 0.15) is 36.5 Å². The molecule has 0 bridgehead atoms. The predicted octanol–water partition coefficient (Wildman–Crippen LogP) is 8.89. The van der Waals surface area contributed by atoms with E-state index in [0.717, 1.165) is 0 Å². The second-order valence-corrected chi connectivity index (χ2v) is 7.24. The van der Waals surface area contributed by atoms with Crippen molar-refractivity contribution in [2.75, 3.05) is 0 Å². The van der Waals surface area contributed by atoms with Crippen molar-refractivity contribution in [3.63, 3.8) is 0 Å². The molecule has 0 spiro atoms. The fourth-order valence-corrected chi connectivity index (χ4v) is 2.60. The monoisotopic (exact) mass is 569 g/mol. The Morgan fingerprint density at radius 2 is 0.944 bits per heavy atom. The van der Waals surface area contributed by atoms with Gasteiger partial charge in [-0.3, -0.25) is 0 Å². The van der Waals surface area contributed by atoms with Crippen LogP contribution in [0, 0.1) is 6.42 Å². The highest BCUT2D eigenvalue weighted by Crippen LogP contribution is 2.59. The Morgan fingerprint density at radius 1 is 0.556 bits per heavy atom. The van der Waals surface area contributed by atoms with Gasteiger partial charge in [-0.15, -0.1) is 0 Å². The van der Waals surface area contributed by atoms with Gasteiger partial charge in [-0.25, -0.2) is 0 Å². The third-order valence-electron chi connectivity index (χ3n) is 4.70. The summed E-state index contributed by atoms with van der Waals surface area (Å²) < 4.78 is 239. The van der Waals surface area contributed by atoms with Crippen LogP contribution in [0.15, 0.2) is 18.2 Å². The molecule has 0 fully saturated rings. The molecule has 0 aromatic heterocycles. The minimum atomic E-state index is -7.56. The summed E-state index contributed by atoms with van der Waals surface area (Å²) in [7, 11) is 0. The Bertz CT molecular complexity index is 921. The van der Waals surface area contributed by atoms with Gasteiger partial charge in [-0.2, -0.15) is 79.0 Å². The zero-order valence-electron chi connectivity index (χ0n) is 17.0. The molecule has 0 saturated heterocycles. The number of alkyl halides is 18. The van der Waals surface area contributed by atoms with Gasteiger partial charge < -0.3 is 0 Å². The largest absolute Gasteiger partial charge is 0.460 e. The van der Waals surface area contributed by atoms with Crippen molar-refractivity contribution in [2.24, 2.45) is 0 Å². The first-order valence-corrected chi connectivity index (χ1v) is 9.04. The SMILES string of the molecule is CCC[CH]c1ccc(C(F)(F)C(F)(F)C(F)(F)C(F)(F)F)cc1C(F)(F)C(F)(F)C(F)(F)C(F)(F)F. The highest BCUT2D eigenvalue weighted by atomic mass is 19.4. The molecule has 1 rings (SSSR count). The summed E-state index contributed by atoms with van der Waals surface area (Å²) in [5, 5.41) is 0. The fraction of sp³-hybridized carbons (Fsp3) is 0.611. The Kier molecular flexibility index (Phi) is 8.05. The summed E-state index contributed by atoms with van der Waals surface area (Å²) in [6.45, 7) is 1.27. The zero-order chi connectivity index (χ0) is 29.0. The molecule has 0 aliphatic rings. The van der Waals surface area contributed by atoms with Crippen molar-refractivity contribution in [1.82, 2.24) is 0 Å². The maximum absolute atomic E-state index is 14.4. The van der Waals surface area contributed by atoms with Gasteiger partial charge in [-0.1, -0.05) is 25.5 Å². The van der Waals surface area contributed by atoms with Crippen molar-refractivity contribution in [3.8, 4) is 0 Å². The van der Waals surface area contributed by atoms with E-state index in [1.165, 1.54) is 6.92 Å². The third kappa shape index (κ3) is 4.67. The molecule has 18 heteroatoms. The summed E-state index contributed by atoms with van der Waals surface area (Å²) in [5.41, 5.74) is -7.33. The molecule has 0 unspecified atom stereocenters. The van der Waals surface area contributed by atoms with Crippen LogP contribution in [-0.2, 0) is 11.8 Å². The van der Waals surface area contributed by atoms with Crippen LogP contribution < -0.4 is 0 Å². The van der Waals surface area contributed by atoms with Crippen molar-refractivity contribution >= 4 is 0 Å². The standard InChI is InChI=1S/C18H11F18/c1-2-3-4-8-5-6-9(11(19,20)13(23,24)15(27,28)17(31,32)33)7-10(8)12(21,22)14(25,26)16(29,30)18(34,35)36/h4-7H,2-3H2,1H3. The number of benzene rings is 1. The predicted molar refractivity (Wildman–Crippen MR) is 84.4 cm³/mol. The van der Waals surface area contributed by atoms with E-state index in [2.05, 4.69) is 0 Å². The first-order valence-electron chi connectivity index (χ1n) is 9.04. The minimum absolute atomic E-state index is 0.0755. The summed E-state index contributed by atoms with van der Waals surface area (Å²) >= 11 is 0. The van der Waals surface area contributed by atoms with E-state index in [1.54, 1.807) is 0 Å². The Balaban J connectivity index is 3.94. The molecular weight excluding hydrogens is 558 g/mol. The quantitative estimate of drug-likeness (QED) is 0.261. The molecule has 1 aromatic rings. The smallest absolute Gasteiger partial charge is 0.194 e. The van der Waals surface area contributed by atoms with Crippen LogP contribution in [0.4, 0.5) is 79.0 Å². The van der Waals surface area contributed by atoms with Crippen LogP contribution in [0.2, 0.25) is 0 Å². The highest BCUT2D eigenvalue weighted by molar-refractivity contribution is 5.43. The summed E-state index contributed by atoms with van der Waals surface area (Å²) in [4.78, 5) is 0. The zero-order valence-corrected chi connectivity index (χ0v) is 17.0. The van der Waals surface area contributed by atoms with E-state index in [4.69, 9.17) is 0 Å². The molecule has 0 nitrogen and oxygen atoms in total. The average Bonchev–Trinajstić information content (AvgIpc) is 2.69. The summed E-state index contributed by atoms with van der Waals surface area (Å²) in [6.07, 6.45) is -14.9. The lowest BCUT2D eigenvalue weighted by Gasteiger charge is -2.36. The van der Waals surface area contributed by atoms with Gasteiger partial charge in [0.2, 0.25) is 0 Å². The lowest BCUT2D eigenvalue weighted by Crippen LogP contribution is -2.60. The molecule has 0 aliphatic carbocycles. The van der Waals surface area contributed by atoms with E-state index in [9.17, 15) is 79.0 Å².